The summed E-state index contributed by atoms with van der Waals surface area (Å²) in [6.07, 6.45) is 3.59. The van der Waals surface area contributed by atoms with Crippen molar-refractivity contribution in [2.75, 3.05) is 13.2 Å². The fraction of sp³-hybridized carbons (Fsp3) is 0.438. The number of nitrogens with zero attached hydrogens (tertiary/aromatic N) is 4. The first kappa shape index (κ1) is 15.5. The molecule has 0 radical (unpaired) electrons. The van der Waals surface area contributed by atoms with Crippen LogP contribution in [0.15, 0.2) is 36.5 Å². The second-order valence-corrected chi connectivity index (χ2v) is 5.77. The number of para-hydroxylation sites is 1. The maximum absolute atomic E-state index is 12.3. The van der Waals surface area contributed by atoms with Gasteiger partial charge in [0.1, 0.15) is 5.69 Å². The van der Waals surface area contributed by atoms with Crippen LogP contribution in [-0.4, -0.2) is 50.2 Å². The van der Waals surface area contributed by atoms with Crippen LogP contribution in [0.1, 0.15) is 31.5 Å². The van der Waals surface area contributed by atoms with E-state index in [2.05, 4.69) is 15.6 Å². The van der Waals surface area contributed by atoms with Crippen LogP contribution < -0.4 is 5.32 Å². The van der Waals surface area contributed by atoms with E-state index in [0.29, 0.717) is 12.2 Å². The Labute approximate surface area is 134 Å². The summed E-state index contributed by atoms with van der Waals surface area (Å²) in [6.45, 7) is 2.56. The minimum atomic E-state index is -0.250. The average molecular weight is 315 g/mol. The Bertz CT molecular complexity index is 658. The maximum Gasteiger partial charge on any atom is 0.318 e. The number of carbonyl (C=O) groups excluding carboxylic acids is 1. The lowest BCUT2D eigenvalue weighted by molar-refractivity contribution is 0.155. The number of aliphatic hydroxyl groups excluding tert-OH is 1. The molecule has 1 aliphatic heterocycles. The van der Waals surface area contributed by atoms with E-state index in [4.69, 9.17) is 0 Å². The van der Waals surface area contributed by atoms with E-state index in [0.717, 1.165) is 18.5 Å². The van der Waals surface area contributed by atoms with Crippen LogP contribution in [0, 0.1) is 0 Å². The van der Waals surface area contributed by atoms with Gasteiger partial charge in [0.05, 0.1) is 30.6 Å². The highest BCUT2D eigenvalue weighted by Gasteiger charge is 2.29. The smallest absolute Gasteiger partial charge is 0.318 e. The highest BCUT2D eigenvalue weighted by molar-refractivity contribution is 5.75. The molecule has 23 heavy (non-hydrogen) atoms. The number of aliphatic hydroxyl groups is 1. The van der Waals surface area contributed by atoms with Crippen LogP contribution in [0.3, 0.4) is 0 Å². The molecule has 3 rings (SSSR count). The van der Waals surface area contributed by atoms with E-state index in [1.165, 1.54) is 0 Å². The lowest BCUT2D eigenvalue weighted by atomic mass is 10.2. The predicted octanol–water partition coefficient (Wildman–Crippen LogP) is 1.49. The Balaban J connectivity index is 1.66. The van der Waals surface area contributed by atoms with E-state index in [1.807, 2.05) is 43.5 Å². The van der Waals surface area contributed by atoms with Gasteiger partial charge in [-0.05, 0) is 31.9 Å². The summed E-state index contributed by atoms with van der Waals surface area (Å²) >= 11 is 0. The molecule has 2 heterocycles. The zero-order valence-corrected chi connectivity index (χ0v) is 13.1. The largest absolute Gasteiger partial charge is 0.394 e. The summed E-state index contributed by atoms with van der Waals surface area (Å²) < 4.78 is 1.68. The predicted molar refractivity (Wildman–Crippen MR) is 85.1 cm³/mol. The fourth-order valence-corrected chi connectivity index (χ4v) is 2.82. The van der Waals surface area contributed by atoms with Gasteiger partial charge in [0.15, 0.2) is 0 Å². The number of nitrogens with one attached hydrogen (secondary N) is 1. The van der Waals surface area contributed by atoms with Crippen LogP contribution in [0.4, 0.5) is 4.79 Å². The minimum Gasteiger partial charge on any atom is -0.394 e. The molecular weight excluding hydrogens is 294 g/mol. The van der Waals surface area contributed by atoms with Crippen molar-refractivity contribution in [1.29, 1.82) is 0 Å². The molecule has 0 spiro atoms. The Hall–Kier alpha value is -2.41. The Kier molecular flexibility index (Phi) is 4.57. The van der Waals surface area contributed by atoms with Crippen LogP contribution >= 0.6 is 0 Å². The van der Waals surface area contributed by atoms with Gasteiger partial charge in [-0.25, -0.2) is 9.48 Å². The first-order valence-corrected chi connectivity index (χ1v) is 7.84. The van der Waals surface area contributed by atoms with Crippen molar-refractivity contribution in [2.24, 2.45) is 0 Å². The first-order valence-electron chi connectivity index (χ1n) is 7.84. The molecule has 1 aliphatic rings. The van der Waals surface area contributed by atoms with Crippen molar-refractivity contribution in [3.05, 3.63) is 42.2 Å². The molecule has 1 aromatic heterocycles. The van der Waals surface area contributed by atoms with Crippen molar-refractivity contribution >= 4 is 6.03 Å². The molecule has 0 saturated carbocycles. The number of hydrogen-bond donors (Lipinski definition) is 2. The number of amides is 2. The second-order valence-electron chi connectivity index (χ2n) is 5.77. The Morgan fingerprint density at radius 3 is 2.96 bits per heavy atom. The summed E-state index contributed by atoms with van der Waals surface area (Å²) in [4.78, 5) is 14.0. The van der Waals surface area contributed by atoms with E-state index >= 15 is 0 Å². The molecule has 1 fully saturated rings. The van der Waals surface area contributed by atoms with Gasteiger partial charge in [0, 0.05) is 6.54 Å². The monoisotopic (exact) mass is 315 g/mol. The zero-order chi connectivity index (χ0) is 16.2. The molecule has 2 aromatic rings. The standard InChI is InChI=1S/C16H21N5O2/c1-12(17-16(23)20-9-5-8-14(20)11-22)15-10-21(19-18-15)13-6-3-2-4-7-13/h2-4,6-7,10,12,14,22H,5,8-9,11H2,1H3,(H,17,23). The number of carbonyl (C=O) groups is 1. The number of hydrogen-bond acceptors (Lipinski definition) is 4. The average Bonchev–Trinajstić information content (AvgIpc) is 3.24. The third-order valence-corrected chi connectivity index (χ3v) is 4.16. The molecule has 2 amide bonds. The van der Waals surface area contributed by atoms with Crippen LogP contribution in [0.25, 0.3) is 5.69 Å². The van der Waals surface area contributed by atoms with Gasteiger partial charge in [-0.1, -0.05) is 23.4 Å². The van der Waals surface area contributed by atoms with Gasteiger partial charge in [0.25, 0.3) is 0 Å². The number of urea groups is 1. The minimum absolute atomic E-state index is 0.00594. The molecule has 2 unspecified atom stereocenters. The zero-order valence-electron chi connectivity index (χ0n) is 13.1. The van der Waals surface area contributed by atoms with Crippen molar-refractivity contribution in [1.82, 2.24) is 25.2 Å². The van der Waals surface area contributed by atoms with E-state index < -0.39 is 0 Å². The van der Waals surface area contributed by atoms with Crippen molar-refractivity contribution in [3.63, 3.8) is 0 Å². The second kappa shape index (κ2) is 6.78. The SMILES string of the molecule is CC(NC(=O)N1CCCC1CO)c1cn(-c2ccccc2)nn1. The van der Waals surface area contributed by atoms with Gasteiger partial charge >= 0.3 is 6.03 Å². The normalized spacial score (nSPS) is 18.9. The van der Waals surface area contributed by atoms with Crippen LogP contribution in [0.5, 0.6) is 0 Å². The van der Waals surface area contributed by atoms with E-state index in [9.17, 15) is 9.90 Å². The molecule has 1 aromatic carbocycles. The van der Waals surface area contributed by atoms with Crippen LogP contribution in [0.2, 0.25) is 0 Å². The van der Waals surface area contributed by atoms with Crippen molar-refractivity contribution in [3.8, 4) is 5.69 Å². The van der Waals surface area contributed by atoms with Crippen molar-refractivity contribution in [2.45, 2.75) is 31.8 Å². The van der Waals surface area contributed by atoms with Gasteiger partial charge in [-0.2, -0.15) is 0 Å². The quantitative estimate of drug-likeness (QED) is 0.895. The molecule has 7 heteroatoms. The molecule has 0 bridgehead atoms. The van der Waals surface area contributed by atoms with Crippen LogP contribution in [-0.2, 0) is 0 Å². The molecule has 2 atom stereocenters. The number of benzene rings is 1. The lowest BCUT2D eigenvalue weighted by Gasteiger charge is -2.24. The molecule has 122 valence electrons. The topological polar surface area (TPSA) is 83.3 Å². The summed E-state index contributed by atoms with van der Waals surface area (Å²) in [5.74, 6) is 0. The summed E-state index contributed by atoms with van der Waals surface area (Å²) in [7, 11) is 0. The van der Waals surface area contributed by atoms with Crippen molar-refractivity contribution < 1.29 is 9.90 Å². The highest BCUT2D eigenvalue weighted by Crippen LogP contribution is 2.18. The number of likely N-dealkylation sites (tertiary alicyclic amines) is 1. The summed E-state index contributed by atoms with van der Waals surface area (Å²) in [5.41, 5.74) is 1.62. The molecule has 7 nitrogen and oxygen atoms in total. The lowest BCUT2D eigenvalue weighted by Crippen LogP contribution is -2.45. The Morgan fingerprint density at radius 1 is 1.43 bits per heavy atom. The van der Waals surface area contributed by atoms with Gasteiger partial charge < -0.3 is 15.3 Å². The molecule has 2 N–H and O–H groups in total. The van der Waals surface area contributed by atoms with E-state index in [-0.39, 0.29) is 24.7 Å². The highest BCUT2D eigenvalue weighted by atomic mass is 16.3. The maximum atomic E-state index is 12.3. The molecule has 1 saturated heterocycles. The first-order chi connectivity index (χ1) is 11.2. The van der Waals surface area contributed by atoms with Gasteiger partial charge in [0.2, 0.25) is 0 Å². The number of rotatable bonds is 4. The third kappa shape index (κ3) is 3.34. The van der Waals surface area contributed by atoms with E-state index in [1.54, 1.807) is 9.58 Å². The summed E-state index contributed by atoms with van der Waals surface area (Å²) in [6, 6.07) is 9.20. The van der Waals surface area contributed by atoms with Gasteiger partial charge in [-0.3, -0.25) is 0 Å². The molecule has 0 aliphatic carbocycles. The number of aromatic nitrogens is 3. The molecular formula is C16H21N5O2. The van der Waals surface area contributed by atoms with Gasteiger partial charge in [-0.15, -0.1) is 5.10 Å². The third-order valence-electron chi connectivity index (χ3n) is 4.16. The Morgan fingerprint density at radius 2 is 2.22 bits per heavy atom. The fourth-order valence-electron chi connectivity index (χ4n) is 2.82. The summed E-state index contributed by atoms with van der Waals surface area (Å²) in [5, 5.41) is 20.5.